The van der Waals surface area contributed by atoms with Gasteiger partial charge >= 0.3 is 0 Å². The number of aryl methyl sites for hydroxylation is 1. The molecule has 0 N–H and O–H groups in total. The molecule has 43 heavy (non-hydrogen) atoms. The summed E-state index contributed by atoms with van der Waals surface area (Å²) in [6, 6.07) is 56.5. The number of aromatic nitrogens is 1. The average molecular weight is 552 g/mol. The lowest BCUT2D eigenvalue weighted by atomic mass is 9.94. The lowest BCUT2D eigenvalue weighted by Gasteiger charge is -2.09. The molecule has 0 aliphatic carbocycles. The molecule has 1 aromatic heterocycles. The molecule has 7 rings (SSSR count). The van der Waals surface area contributed by atoms with Crippen LogP contribution in [-0.4, -0.2) is 4.57 Å². The first-order valence-corrected chi connectivity index (χ1v) is 15.0. The number of fused-ring (bicyclic) bond motifs is 3. The molecule has 206 valence electrons. The predicted molar refractivity (Wildman–Crippen MR) is 185 cm³/mol. The largest absolute Gasteiger partial charge is 0.341 e. The summed E-state index contributed by atoms with van der Waals surface area (Å²) in [6.45, 7) is 3.15. The Morgan fingerprint density at radius 3 is 1.07 bits per heavy atom. The number of hydrogen-bond donors (Lipinski definition) is 0. The SMILES string of the molecule is CCn1c2ccc(C=C(c3ccccc3)c3ccccc3)cc2c2cc(C=C(c3ccccc3)c3ccccc3)ccc21. The lowest BCUT2D eigenvalue weighted by Crippen LogP contribution is -1.93. The van der Waals surface area contributed by atoms with E-state index in [2.05, 4.69) is 181 Å². The Bertz CT molecular complexity index is 1830. The standard InChI is InChI=1S/C42H33N/c1-2-43-41-25-23-31(27-37(33-15-7-3-8-16-33)34-17-9-4-10-18-34)29-39(41)40-30-32(24-26-42(40)43)28-38(35-19-11-5-12-20-35)36-21-13-6-14-22-36/h3-30H,2H2,1H3. The van der Waals surface area contributed by atoms with E-state index >= 15 is 0 Å². The van der Waals surface area contributed by atoms with Crippen molar-refractivity contribution in [3.8, 4) is 0 Å². The van der Waals surface area contributed by atoms with Gasteiger partial charge in [-0.3, -0.25) is 0 Å². The molecule has 0 spiro atoms. The first-order valence-electron chi connectivity index (χ1n) is 15.0. The zero-order chi connectivity index (χ0) is 29.0. The van der Waals surface area contributed by atoms with E-state index < -0.39 is 0 Å². The quantitative estimate of drug-likeness (QED) is 0.174. The van der Waals surface area contributed by atoms with Gasteiger partial charge in [0.05, 0.1) is 0 Å². The molecule has 0 saturated heterocycles. The van der Waals surface area contributed by atoms with Crippen LogP contribution in [-0.2, 0) is 6.54 Å². The molecule has 1 heteroatoms. The maximum Gasteiger partial charge on any atom is 0.0491 e. The summed E-state index contributed by atoms with van der Waals surface area (Å²) >= 11 is 0. The summed E-state index contributed by atoms with van der Waals surface area (Å²) in [5, 5.41) is 2.56. The Morgan fingerprint density at radius 2 is 0.767 bits per heavy atom. The highest BCUT2D eigenvalue weighted by molar-refractivity contribution is 6.10. The molecule has 0 unspecified atom stereocenters. The molecule has 7 aromatic rings. The van der Waals surface area contributed by atoms with E-state index in [1.165, 1.54) is 66.3 Å². The van der Waals surface area contributed by atoms with Crippen molar-refractivity contribution in [3.05, 3.63) is 191 Å². The second-order valence-corrected chi connectivity index (χ2v) is 10.9. The number of hydrogen-bond acceptors (Lipinski definition) is 0. The molecule has 0 atom stereocenters. The maximum atomic E-state index is 2.43. The lowest BCUT2D eigenvalue weighted by molar-refractivity contribution is 0.827. The van der Waals surface area contributed by atoms with Crippen molar-refractivity contribution in [2.75, 3.05) is 0 Å². The van der Waals surface area contributed by atoms with Crippen LogP contribution in [0, 0.1) is 0 Å². The Hall–Kier alpha value is -5.40. The van der Waals surface area contributed by atoms with Gasteiger partial charge in [-0.1, -0.05) is 133 Å². The van der Waals surface area contributed by atoms with Crippen LogP contribution in [0.1, 0.15) is 40.3 Å². The van der Waals surface area contributed by atoms with Gasteiger partial charge in [-0.2, -0.15) is 0 Å². The van der Waals surface area contributed by atoms with E-state index in [0.717, 1.165) is 6.54 Å². The fraction of sp³-hybridized carbons (Fsp3) is 0.0476. The molecule has 0 aliphatic rings. The first kappa shape index (κ1) is 26.5. The zero-order valence-electron chi connectivity index (χ0n) is 24.3. The second kappa shape index (κ2) is 11.8. The summed E-state index contributed by atoms with van der Waals surface area (Å²) in [5.74, 6) is 0. The van der Waals surface area contributed by atoms with Crippen LogP contribution >= 0.6 is 0 Å². The van der Waals surface area contributed by atoms with Crippen LogP contribution in [0.3, 0.4) is 0 Å². The van der Waals surface area contributed by atoms with Gasteiger partial charge in [0.25, 0.3) is 0 Å². The summed E-state index contributed by atoms with van der Waals surface area (Å²) in [6.07, 6.45) is 4.65. The van der Waals surface area contributed by atoms with Crippen molar-refractivity contribution >= 4 is 45.1 Å². The molecule has 0 radical (unpaired) electrons. The molecule has 1 heterocycles. The van der Waals surface area contributed by atoms with Crippen molar-refractivity contribution in [1.82, 2.24) is 4.57 Å². The van der Waals surface area contributed by atoms with Crippen LogP contribution in [0.5, 0.6) is 0 Å². The monoisotopic (exact) mass is 551 g/mol. The Morgan fingerprint density at radius 1 is 0.442 bits per heavy atom. The molecule has 0 fully saturated rings. The van der Waals surface area contributed by atoms with Gasteiger partial charge in [0, 0.05) is 28.4 Å². The van der Waals surface area contributed by atoms with Crippen LogP contribution in [0.15, 0.2) is 158 Å². The predicted octanol–water partition coefficient (Wildman–Crippen LogP) is 11.0. The maximum absolute atomic E-state index is 2.43. The zero-order valence-corrected chi connectivity index (χ0v) is 24.3. The number of nitrogens with zero attached hydrogens (tertiary/aromatic N) is 1. The normalized spacial score (nSPS) is 11.0. The van der Waals surface area contributed by atoms with Crippen LogP contribution < -0.4 is 0 Å². The van der Waals surface area contributed by atoms with Crippen molar-refractivity contribution in [2.24, 2.45) is 0 Å². The van der Waals surface area contributed by atoms with E-state index in [4.69, 9.17) is 0 Å². The summed E-state index contributed by atoms with van der Waals surface area (Å²) < 4.78 is 2.43. The highest BCUT2D eigenvalue weighted by Crippen LogP contribution is 2.34. The molecule has 6 aromatic carbocycles. The fourth-order valence-corrected chi connectivity index (χ4v) is 6.13. The van der Waals surface area contributed by atoms with Crippen LogP contribution in [0.4, 0.5) is 0 Å². The fourth-order valence-electron chi connectivity index (χ4n) is 6.13. The molecular weight excluding hydrogens is 518 g/mol. The highest BCUT2D eigenvalue weighted by Gasteiger charge is 2.13. The van der Waals surface area contributed by atoms with E-state index in [1.54, 1.807) is 0 Å². The summed E-state index contributed by atoms with van der Waals surface area (Å²) in [5.41, 5.74) is 12.2. The van der Waals surface area contributed by atoms with E-state index in [-0.39, 0.29) is 0 Å². The molecule has 0 saturated carbocycles. The third-order valence-electron chi connectivity index (χ3n) is 8.19. The van der Waals surface area contributed by atoms with E-state index in [0.29, 0.717) is 0 Å². The van der Waals surface area contributed by atoms with Gasteiger partial charge in [-0.15, -0.1) is 0 Å². The van der Waals surface area contributed by atoms with Gasteiger partial charge in [-0.05, 0) is 87.9 Å². The second-order valence-electron chi connectivity index (χ2n) is 10.9. The van der Waals surface area contributed by atoms with Gasteiger partial charge in [-0.25, -0.2) is 0 Å². The van der Waals surface area contributed by atoms with Crippen molar-refractivity contribution in [1.29, 1.82) is 0 Å². The smallest absolute Gasteiger partial charge is 0.0491 e. The van der Waals surface area contributed by atoms with E-state index in [1.807, 2.05) is 0 Å². The third-order valence-corrected chi connectivity index (χ3v) is 8.19. The molecular formula is C42H33N. The molecule has 0 bridgehead atoms. The number of rotatable bonds is 7. The minimum absolute atomic E-state index is 0.920. The van der Waals surface area contributed by atoms with Crippen molar-refractivity contribution < 1.29 is 0 Å². The summed E-state index contributed by atoms with van der Waals surface area (Å²) in [7, 11) is 0. The Labute approximate surface area is 253 Å². The number of benzene rings is 6. The van der Waals surface area contributed by atoms with E-state index in [9.17, 15) is 0 Å². The van der Waals surface area contributed by atoms with Gasteiger partial charge in [0.2, 0.25) is 0 Å². The van der Waals surface area contributed by atoms with Crippen LogP contribution in [0.25, 0.3) is 45.1 Å². The van der Waals surface area contributed by atoms with Crippen LogP contribution in [0.2, 0.25) is 0 Å². The molecule has 0 amide bonds. The Balaban J connectivity index is 1.40. The molecule has 0 aliphatic heterocycles. The average Bonchev–Trinajstić information content (AvgIpc) is 3.40. The van der Waals surface area contributed by atoms with Crippen molar-refractivity contribution in [3.63, 3.8) is 0 Å². The minimum atomic E-state index is 0.920. The van der Waals surface area contributed by atoms with Gasteiger partial charge in [0.15, 0.2) is 0 Å². The van der Waals surface area contributed by atoms with Gasteiger partial charge < -0.3 is 4.57 Å². The van der Waals surface area contributed by atoms with Crippen molar-refractivity contribution in [2.45, 2.75) is 13.5 Å². The first-order chi connectivity index (χ1) is 21.3. The van der Waals surface area contributed by atoms with Gasteiger partial charge in [0.1, 0.15) is 0 Å². The third kappa shape index (κ3) is 5.34. The summed E-state index contributed by atoms with van der Waals surface area (Å²) in [4.78, 5) is 0. The topological polar surface area (TPSA) is 4.93 Å². The minimum Gasteiger partial charge on any atom is -0.341 e. The Kier molecular flexibility index (Phi) is 7.29. The molecule has 1 nitrogen and oxygen atoms in total. The highest BCUT2D eigenvalue weighted by atomic mass is 15.0.